The molecule has 6 nitrogen and oxygen atoms in total. The first-order valence-corrected chi connectivity index (χ1v) is 7.16. The highest BCUT2D eigenvalue weighted by Crippen LogP contribution is 2.13. The molecule has 6 heteroatoms. The molecule has 0 fully saturated rings. The number of aliphatic hydroxyl groups excluding tert-OH is 1. The molecular formula is C16H24N2O4. The quantitative estimate of drug-likeness (QED) is 0.682. The number of hydrogen-bond acceptors (Lipinski definition) is 5. The van der Waals surface area contributed by atoms with Crippen LogP contribution in [0, 0.1) is 0 Å². The molecule has 1 amide bonds. The Kier molecular flexibility index (Phi) is 8.03. The van der Waals surface area contributed by atoms with E-state index in [1.807, 2.05) is 26.0 Å². The maximum atomic E-state index is 10.9. The number of ether oxygens (including phenoxy) is 2. The largest absolute Gasteiger partial charge is 0.491 e. The summed E-state index contributed by atoms with van der Waals surface area (Å²) in [5, 5.41) is 15.3. The van der Waals surface area contributed by atoms with Crippen LogP contribution in [-0.4, -0.2) is 43.6 Å². The van der Waals surface area contributed by atoms with Crippen molar-refractivity contribution < 1.29 is 19.4 Å². The van der Waals surface area contributed by atoms with Gasteiger partial charge in [-0.2, -0.15) is 0 Å². The Hall–Kier alpha value is -2.05. The lowest BCUT2D eigenvalue weighted by Gasteiger charge is -2.15. The highest BCUT2D eigenvalue weighted by molar-refractivity contribution is 5.69. The molecule has 0 heterocycles. The highest BCUT2D eigenvalue weighted by Gasteiger charge is 2.05. The Balaban J connectivity index is 2.37. The first-order chi connectivity index (χ1) is 10.5. The number of nitrogens with one attached hydrogen (secondary N) is 2. The van der Waals surface area contributed by atoms with E-state index in [2.05, 4.69) is 15.4 Å². The lowest BCUT2D eigenvalue weighted by molar-refractivity contribution is 0.104. The average molecular weight is 308 g/mol. The van der Waals surface area contributed by atoms with Crippen LogP contribution in [0.1, 0.15) is 19.4 Å². The van der Waals surface area contributed by atoms with Gasteiger partial charge in [-0.25, -0.2) is 4.79 Å². The molecule has 0 saturated carbocycles. The van der Waals surface area contributed by atoms with Crippen molar-refractivity contribution in [2.75, 3.05) is 20.3 Å². The number of hydrogen-bond donors (Lipinski definition) is 3. The molecule has 1 aromatic rings. The van der Waals surface area contributed by atoms with Gasteiger partial charge in [0.1, 0.15) is 18.5 Å². The SMILES string of the molecule is COC(=O)N/C=C/c1ccc(OCC(O)CNC(C)C)cc1. The first-order valence-electron chi connectivity index (χ1n) is 7.16. The fourth-order valence-corrected chi connectivity index (χ4v) is 1.56. The first kappa shape index (κ1) is 18.0. The Morgan fingerprint density at radius 1 is 1.32 bits per heavy atom. The second-order valence-electron chi connectivity index (χ2n) is 5.07. The second-order valence-corrected chi connectivity index (χ2v) is 5.07. The average Bonchev–Trinajstić information content (AvgIpc) is 2.51. The van der Waals surface area contributed by atoms with E-state index in [0.29, 0.717) is 18.3 Å². The lowest BCUT2D eigenvalue weighted by Crippen LogP contribution is -2.35. The van der Waals surface area contributed by atoms with E-state index in [1.54, 1.807) is 18.2 Å². The molecule has 3 N–H and O–H groups in total. The van der Waals surface area contributed by atoms with Gasteiger partial charge < -0.3 is 19.9 Å². The van der Waals surface area contributed by atoms with Gasteiger partial charge in [0.05, 0.1) is 7.11 Å². The highest BCUT2D eigenvalue weighted by atomic mass is 16.5. The van der Waals surface area contributed by atoms with E-state index < -0.39 is 12.2 Å². The third kappa shape index (κ3) is 7.66. The number of aliphatic hydroxyl groups is 1. The van der Waals surface area contributed by atoms with Crippen molar-refractivity contribution in [1.29, 1.82) is 0 Å². The zero-order valence-corrected chi connectivity index (χ0v) is 13.2. The lowest BCUT2D eigenvalue weighted by atomic mass is 10.2. The zero-order valence-electron chi connectivity index (χ0n) is 13.2. The molecule has 0 spiro atoms. The molecule has 0 bridgehead atoms. The van der Waals surface area contributed by atoms with E-state index in [9.17, 15) is 9.90 Å². The molecule has 0 aliphatic rings. The van der Waals surface area contributed by atoms with Crippen molar-refractivity contribution in [3.05, 3.63) is 36.0 Å². The molecule has 1 unspecified atom stereocenters. The second kappa shape index (κ2) is 9.81. The number of carbonyl (C=O) groups is 1. The molecular weight excluding hydrogens is 284 g/mol. The third-order valence-electron chi connectivity index (χ3n) is 2.75. The van der Waals surface area contributed by atoms with Crippen LogP contribution in [0.5, 0.6) is 5.75 Å². The summed E-state index contributed by atoms with van der Waals surface area (Å²) in [6, 6.07) is 7.65. The Morgan fingerprint density at radius 2 is 2.00 bits per heavy atom. The van der Waals surface area contributed by atoms with Crippen molar-refractivity contribution in [1.82, 2.24) is 10.6 Å². The molecule has 1 atom stereocenters. The number of amides is 1. The maximum absolute atomic E-state index is 10.9. The van der Waals surface area contributed by atoms with Crippen molar-refractivity contribution >= 4 is 12.2 Å². The minimum atomic E-state index is -0.550. The number of benzene rings is 1. The van der Waals surface area contributed by atoms with Crippen molar-refractivity contribution in [3.8, 4) is 5.75 Å². The molecule has 1 aromatic carbocycles. The van der Waals surface area contributed by atoms with Gasteiger partial charge in [0.25, 0.3) is 0 Å². The van der Waals surface area contributed by atoms with E-state index in [0.717, 1.165) is 5.56 Å². The van der Waals surface area contributed by atoms with Crippen LogP contribution in [0.2, 0.25) is 0 Å². The van der Waals surface area contributed by atoms with Gasteiger partial charge >= 0.3 is 6.09 Å². The monoisotopic (exact) mass is 308 g/mol. The van der Waals surface area contributed by atoms with Crippen LogP contribution in [0.4, 0.5) is 4.79 Å². The van der Waals surface area contributed by atoms with Gasteiger partial charge in [-0.15, -0.1) is 0 Å². The summed E-state index contributed by atoms with van der Waals surface area (Å²) in [6.07, 6.45) is 2.18. The van der Waals surface area contributed by atoms with Crippen LogP contribution in [0.15, 0.2) is 30.5 Å². The van der Waals surface area contributed by atoms with Crippen molar-refractivity contribution in [2.24, 2.45) is 0 Å². The van der Waals surface area contributed by atoms with Gasteiger partial charge in [0.15, 0.2) is 0 Å². The number of rotatable bonds is 8. The summed E-state index contributed by atoms with van der Waals surface area (Å²) in [4.78, 5) is 10.9. The number of carbonyl (C=O) groups excluding carboxylic acids is 1. The summed E-state index contributed by atoms with van der Waals surface area (Å²) in [6.45, 7) is 4.78. The fourth-order valence-electron chi connectivity index (χ4n) is 1.56. The topological polar surface area (TPSA) is 79.8 Å². The van der Waals surface area contributed by atoms with Crippen LogP contribution in [0.25, 0.3) is 6.08 Å². The summed E-state index contributed by atoms with van der Waals surface area (Å²) >= 11 is 0. The summed E-state index contributed by atoms with van der Waals surface area (Å²) in [5.41, 5.74) is 0.908. The Bertz CT molecular complexity index is 472. The fraction of sp³-hybridized carbons (Fsp3) is 0.438. The molecule has 0 radical (unpaired) electrons. The molecule has 0 aliphatic carbocycles. The van der Waals surface area contributed by atoms with E-state index in [4.69, 9.17) is 4.74 Å². The number of alkyl carbamates (subject to hydrolysis) is 1. The van der Waals surface area contributed by atoms with Gasteiger partial charge in [-0.3, -0.25) is 5.32 Å². The summed E-state index contributed by atoms with van der Waals surface area (Å²) in [5.74, 6) is 0.682. The van der Waals surface area contributed by atoms with Crippen LogP contribution in [-0.2, 0) is 4.74 Å². The van der Waals surface area contributed by atoms with Gasteiger partial charge in [0, 0.05) is 18.8 Å². The predicted molar refractivity (Wildman–Crippen MR) is 85.7 cm³/mol. The predicted octanol–water partition coefficient (Wildman–Crippen LogP) is 1.75. The van der Waals surface area contributed by atoms with Crippen molar-refractivity contribution in [2.45, 2.75) is 26.0 Å². The molecule has 0 aromatic heterocycles. The van der Waals surface area contributed by atoms with E-state index in [1.165, 1.54) is 13.3 Å². The number of methoxy groups -OCH3 is 1. The maximum Gasteiger partial charge on any atom is 0.410 e. The third-order valence-corrected chi connectivity index (χ3v) is 2.75. The molecule has 0 saturated heterocycles. The van der Waals surface area contributed by atoms with Crippen LogP contribution < -0.4 is 15.4 Å². The molecule has 22 heavy (non-hydrogen) atoms. The summed E-state index contributed by atoms with van der Waals surface area (Å²) < 4.78 is 9.96. The Labute approximate surface area is 131 Å². The normalized spacial score (nSPS) is 12.4. The van der Waals surface area contributed by atoms with Crippen molar-refractivity contribution in [3.63, 3.8) is 0 Å². The van der Waals surface area contributed by atoms with Gasteiger partial charge in [0.2, 0.25) is 0 Å². The van der Waals surface area contributed by atoms with Crippen LogP contribution >= 0.6 is 0 Å². The van der Waals surface area contributed by atoms with E-state index in [-0.39, 0.29) is 6.61 Å². The summed E-state index contributed by atoms with van der Waals surface area (Å²) in [7, 11) is 1.31. The zero-order chi connectivity index (χ0) is 16.4. The Morgan fingerprint density at radius 3 is 2.59 bits per heavy atom. The molecule has 1 rings (SSSR count). The minimum Gasteiger partial charge on any atom is -0.491 e. The van der Waals surface area contributed by atoms with Gasteiger partial charge in [-0.05, 0) is 23.8 Å². The molecule has 122 valence electrons. The molecule has 0 aliphatic heterocycles. The minimum absolute atomic E-state index is 0.235. The van der Waals surface area contributed by atoms with Crippen LogP contribution in [0.3, 0.4) is 0 Å². The smallest absolute Gasteiger partial charge is 0.410 e. The standard InChI is InChI=1S/C16H24N2O4/c1-12(2)18-10-14(19)11-22-15-6-4-13(5-7-15)8-9-17-16(20)21-3/h4-9,12,14,18-19H,10-11H2,1-3H3,(H,17,20)/b9-8+. The van der Waals surface area contributed by atoms with Gasteiger partial charge in [-0.1, -0.05) is 26.0 Å². The van der Waals surface area contributed by atoms with E-state index >= 15 is 0 Å².